The van der Waals surface area contributed by atoms with Gasteiger partial charge in [-0.3, -0.25) is 0 Å². The molecule has 0 N–H and O–H groups in total. The first-order chi connectivity index (χ1) is 14.1. The van der Waals surface area contributed by atoms with E-state index in [1.54, 1.807) is 33.4 Å². The monoisotopic (exact) mass is 400 g/mol. The van der Waals surface area contributed by atoms with Gasteiger partial charge in [0.15, 0.2) is 0 Å². The smallest absolute Gasteiger partial charge is 0.00278 e. The van der Waals surface area contributed by atoms with Gasteiger partial charge in [0, 0.05) is 0 Å². The van der Waals surface area contributed by atoms with E-state index in [4.69, 9.17) is 0 Å². The number of rotatable bonds is 2. The maximum absolute atomic E-state index is 2.42. The summed E-state index contributed by atoms with van der Waals surface area (Å²) in [5.41, 5.74) is 16.6. The topological polar surface area (TPSA) is 0 Å². The molecule has 0 nitrogen and oxygen atoms in total. The van der Waals surface area contributed by atoms with E-state index in [1.165, 1.54) is 60.8 Å². The van der Waals surface area contributed by atoms with Crippen LogP contribution in [0.25, 0.3) is 0 Å². The molecule has 160 valence electrons. The van der Waals surface area contributed by atoms with Gasteiger partial charge in [0.1, 0.15) is 0 Å². The van der Waals surface area contributed by atoms with Gasteiger partial charge in [-0.25, -0.2) is 0 Å². The van der Waals surface area contributed by atoms with E-state index >= 15 is 0 Å². The van der Waals surface area contributed by atoms with Crippen molar-refractivity contribution < 1.29 is 0 Å². The molecule has 4 bridgehead atoms. The Morgan fingerprint density at radius 1 is 0.533 bits per heavy atom. The summed E-state index contributed by atoms with van der Waals surface area (Å²) in [5, 5.41) is 0. The summed E-state index contributed by atoms with van der Waals surface area (Å²) in [6.07, 6.45) is 8.58. The second-order valence-electron chi connectivity index (χ2n) is 11.8. The Kier molecular flexibility index (Phi) is 4.39. The van der Waals surface area contributed by atoms with Crippen LogP contribution < -0.4 is 0 Å². The first-order valence-electron chi connectivity index (χ1n) is 12.2. The first kappa shape index (κ1) is 20.3. The third kappa shape index (κ3) is 2.64. The SMILES string of the molecule is Cc1cc(C)c(C)c(C23CC4CC(C2)CC(c2c(C)c(C)cc(C)c2C)(C4)C3)c1C. The summed E-state index contributed by atoms with van der Waals surface area (Å²) in [6.45, 7) is 19.0. The molecule has 0 heteroatoms. The Morgan fingerprint density at radius 2 is 0.833 bits per heavy atom. The van der Waals surface area contributed by atoms with Gasteiger partial charge in [0.2, 0.25) is 0 Å². The zero-order chi connectivity index (χ0) is 21.6. The van der Waals surface area contributed by atoms with Gasteiger partial charge in [0.05, 0.1) is 0 Å². The van der Waals surface area contributed by atoms with Gasteiger partial charge >= 0.3 is 0 Å². The van der Waals surface area contributed by atoms with Crippen molar-refractivity contribution in [3.63, 3.8) is 0 Å². The van der Waals surface area contributed by atoms with Crippen LogP contribution in [0.4, 0.5) is 0 Å². The zero-order valence-electron chi connectivity index (χ0n) is 20.6. The van der Waals surface area contributed by atoms with Crippen molar-refractivity contribution in [3.05, 3.63) is 67.8 Å². The van der Waals surface area contributed by atoms with Crippen LogP contribution >= 0.6 is 0 Å². The molecular weight excluding hydrogens is 360 g/mol. The first-order valence-corrected chi connectivity index (χ1v) is 12.2. The lowest BCUT2D eigenvalue weighted by Gasteiger charge is -2.64. The van der Waals surface area contributed by atoms with Crippen LogP contribution in [0.2, 0.25) is 0 Å². The van der Waals surface area contributed by atoms with Crippen LogP contribution in [-0.4, -0.2) is 0 Å². The van der Waals surface area contributed by atoms with E-state index in [1.807, 2.05) is 0 Å². The van der Waals surface area contributed by atoms with Gasteiger partial charge in [-0.15, -0.1) is 0 Å². The molecule has 6 rings (SSSR count). The fraction of sp³-hybridized carbons (Fsp3) is 0.600. The highest BCUT2D eigenvalue weighted by Gasteiger charge is 2.59. The molecule has 4 saturated carbocycles. The van der Waals surface area contributed by atoms with Crippen molar-refractivity contribution in [3.8, 4) is 0 Å². The van der Waals surface area contributed by atoms with Gasteiger partial charge < -0.3 is 0 Å². The zero-order valence-corrected chi connectivity index (χ0v) is 20.6. The molecule has 0 unspecified atom stereocenters. The average Bonchev–Trinajstić information content (AvgIpc) is 2.64. The van der Waals surface area contributed by atoms with Crippen LogP contribution in [0.15, 0.2) is 12.1 Å². The maximum atomic E-state index is 2.42. The molecule has 2 aromatic carbocycles. The minimum Gasteiger partial charge on any atom is -0.0558 e. The number of aryl methyl sites for hydroxylation is 4. The lowest BCUT2D eigenvalue weighted by Crippen LogP contribution is -2.56. The fourth-order valence-corrected chi connectivity index (χ4v) is 8.87. The van der Waals surface area contributed by atoms with E-state index in [9.17, 15) is 0 Å². The highest BCUT2D eigenvalue weighted by atomic mass is 14.6. The molecular formula is C30H40. The molecule has 30 heavy (non-hydrogen) atoms. The third-order valence-electron chi connectivity index (χ3n) is 9.85. The standard InChI is InChI=1S/C30H40/c1-17-9-18(2)22(6)27(21(17)5)29-12-25-11-26(13-29)15-30(14-25,16-29)28-23(7)19(3)10-20(4)24(28)8/h9-10,25-26H,11-16H2,1-8H3. The van der Waals surface area contributed by atoms with Gasteiger partial charge in [-0.2, -0.15) is 0 Å². The highest BCUT2D eigenvalue weighted by Crippen LogP contribution is 2.67. The molecule has 2 aromatic rings. The van der Waals surface area contributed by atoms with Crippen molar-refractivity contribution in [1.29, 1.82) is 0 Å². The fourth-order valence-electron chi connectivity index (χ4n) is 8.87. The second kappa shape index (κ2) is 6.47. The molecule has 4 fully saturated rings. The van der Waals surface area contributed by atoms with Crippen molar-refractivity contribution in [2.24, 2.45) is 11.8 Å². The number of hydrogen-bond acceptors (Lipinski definition) is 0. The minimum absolute atomic E-state index is 0.394. The molecule has 0 radical (unpaired) electrons. The lowest BCUT2D eigenvalue weighted by molar-refractivity contribution is -0.0292. The predicted molar refractivity (Wildman–Crippen MR) is 129 cm³/mol. The van der Waals surface area contributed by atoms with Crippen molar-refractivity contribution >= 4 is 0 Å². The molecule has 4 aliphatic rings. The summed E-state index contributed by atoms with van der Waals surface area (Å²) < 4.78 is 0. The Hall–Kier alpha value is -1.56. The molecule has 0 heterocycles. The summed E-state index contributed by atoms with van der Waals surface area (Å²) in [6, 6.07) is 4.84. The maximum Gasteiger partial charge on any atom is -0.00278 e. The second-order valence-corrected chi connectivity index (χ2v) is 11.8. The summed E-state index contributed by atoms with van der Waals surface area (Å²) >= 11 is 0. The predicted octanol–water partition coefficient (Wildman–Crippen LogP) is 7.94. The summed E-state index contributed by atoms with van der Waals surface area (Å²) in [4.78, 5) is 0. The molecule has 0 atom stereocenters. The van der Waals surface area contributed by atoms with Crippen LogP contribution in [0.1, 0.15) is 94.2 Å². The van der Waals surface area contributed by atoms with E-state index in [0.29, 0.717) is 10.8 Å². The molecule has 0 amide bonds. The van der Waals surface area contributed by atoms with Crippen LogP contribution in [0, 0.1) is 67.2 Å². The average molecular weight is 401 g/mol. The Morgan fingerprint density at radius 3 is 1.13 bits per heavy atom. The van der Waals surface area contributed by atoms with Crippen molar-refractivity contribution in [2.75, 3.05) is 0 Å². The molecule has 0 aliphatic heterocycles. The normalized spacial score (nSPS) is 32.1. The molecule has 4 aliphatic carbocycles. The lowest BCUT2D eigenvalue weighted by atomic mass is 9.40. The minimum atomic E-state index is 0.394. The largest absolute Gasteiger partial charge is 0.0558 e. The van der Waals surface area contributed by atoms with E-state index < -0.39 is 0 Å². The van der Waals surface area contributed by atoms with Gasteiger partial charge in [-0.1, -0.05) is 12.1 Å². The molecule has 0 spiro atoms. The van der Waals surface area contributed by atoms with Crippen LogP contribution in [0.5, 0.6) is 0 Å². The van der Waals surface area contributed by atoms with Crippen LogP contribution in [0.3, 0.4) is 0 Å². The van der Waals surface area contributed by atoms with Crippen molar-refractivity contribution in [2.45, 2.75) is 105 Å². The Balaban J connectivity index is 1.74. The number of benzene rings is 2. The third-order valence-corrected chi connectivity index (χ3v) is 9.85. The summed E-state index contributed by atoms with van der Waals surface area (Å²) in [5.74, 6) is 1.82. The van der Waals surface area contributed by atoms with Crippen LogP contribution in [-0.2, 0) is 10.8 Å². The number of hydrogen-bond donors (Lipinski definition) is 0. The van der Waals surface area contributed by atoms with Gasteiger partial charge in [-0.05, 0) is 172 Å². The quantitative estimate of drug-likeness (QED) is 0.480. The van der Waals surface area contributed by atoms with Gasteiger partial charge in [0.25, 0.3) is 0 Å². The molecule has 0 aromatic heterocycles. The Labute approximate surface area is 184 Å². The Bertz CT molecular complexity index is 903. The summed E-state index contributed by atoms with van der Waals surface area (Å²) in [7, 11) is 0. The highest BCUT2D eigenvalue weighted by molar-refractivity contribution is 5.53. The molecule has 0 saturated heterocycles. The van der Waals surface area contributed by atoms with E-state index in [-0.39, 0.29) is 0 Å². The van der Waals surface area contributed by atoms with E-state index in [0.717, 1.165) is 11.8 Å². The van der Waals surface area contributed by atoms with E-state index in [2.05, 4.69) is 67.5 Å². The van der Waals surface area contributed by atoms with Crippen molar-refractivity contribution in [1.82, 2.24) is 0 Å².